The van der Waals surface area contributed by atoms with Crippen LogP contribution in [0.2, 0.25) is 0 Å². The first kappa shape index (κ1) is 23.8. The van der Waals surface area contributed by atoms with Gasteiger partial charge in [0.2, 0.25) is 5.82 Å². The molecule has 2 fully saturated rings. The minimum Gasteiger partial charge on any atom is -0.486 e. The molecule has 0 bridgehead atoms. The maximum atomic E-state index is 15.0. The Balaban J connectivity index is 1.35. The van der Waals surface area contributed by atoms with Crippen molar-refractivity contribution in [3.63, 3.8) is 0 Å². The van der Waals surface area contributed by atoms with Crippen LogP contribution in [0.1, 0.15) is 95.6 Å². The Kier molecular flexibility index (Phi) is 8.29. The van der Waals surface area contributed by atoms with E-state index in [0.29, 0.717) is 23.8 Å². The lowest BCUT2D eigenvalue weighted by Gasteiger charge is -2.45. The van der Waals surface area contributed by atoms with Gasteiger partial charge in [0.25, 0.3) is 0 Å². The van der Waals surface area contributed by atoms with Gasteiger partial charge in [-0.15, -0.1) is 0 Å². The largest absolute Gasteiger partial charge is 0.486 e. The lowest BCUT2D eigenvalue weighted by atomic mass is 9.61. The number of allylic oxidation sites excluding steroid dienone is 1. The van der Waals surface area contributed by atoms with Gasteiger partial charge in [0.15, 0.2) is 11.6 Å². The molecule has 0 aliphatic heterocycles. The van der Waals surface area contributed by atoms with E-state index >= 15 is 0 Å². The van der Waals surface area contributed by atoms with Gasteiger partial charge in [0.1, 0.15) is 6.61 Å². The number of benzene rings is 1. The van der Waals surface area contributed by atoms with Crippen LogP contribution in [0.3, 0.4) is 0 Å². The second-order valence-corrected chi connectivity index (χ2v) is 10.8. The fraction of sp³-hybridized carbons (Fsp3) is 0.724. The van der Waals surface area contributed by atoms with Gasteiger partial charge in [-0.1, -0.05) is 51.2 Å². The van der Waals surface area contributed by atoms with E-state index in [9.17, 15) is 8.78 Å². The molecule has 0 heterocycles. The van der Waals surface area contributed by atoms with Gasteiger partial charge in [-0.2, -0.15) is 4.39 Å². The smallest absolute Gasteiger partial charge is 0.200 e. The van der Waals surface area contributed by atoms with Crippen LogP contribution < -0.4 is 4.74 Å². The molecular weight excluding hydrogens is 402 g/mol. The lowest BCUT2D eigenvalue weighted by molar-refractivity contribution is 0.0687. The molecule has 1 nitrogen and oxygen atoms in total. The van der Waals surface area contributed by atoms with Crippen molar-refractivity contribution in [1.29, 1.82) is 0 Å². The summed E-state index contributed by atoms with van der Waals surface area (Å²) in [4.78, 5) is 0. The number of halogens is 2. The minimum atomic E-state index is -0.806. The molecule has 4 rings (SSSR count). The first-order valence-corrected chi connectivity index (χ1v) is 13.3. The van der Waals surface area contributed by atoms with Crippen molar-refractivity contribution in [3.05, 3.63) is 41.0 Å². The van der Waals surface area contributed by atoms with E-state index in [4.69, 9.17) is 4.74 Å². The van der Waals surface area contributed by atoms with E-state index < -0.39 is 11.6 Å². The van der Waals surface area contributed by atoms with Gasteiger partial charge in [-0.05, 0) is 105 Å². The maximum absolute atomic E-state index is 15.0. The van der Waals surface area contributed by atoms with Crippen LogP contribution >= 0.6 is 0 Å². The van der Waals surface area contributed by atoms with Crippen LogP contribution in [0.25, 0.3) is 0 Å². The molecule has 178 valence electrons. The van der Waals surface area contributed by atoms with Crippen molar-refractivity contribution in [2.24, 2.45) is 29.6 Å². The zero-order chi connectivity index (χ0) is 22.5. The highest BCUT2D eigenvalue weighted by atomic mass is 19.2. The minimum absolute atomic E-state index is 0.0639. The summed E-state index contributed by atoms with van der Waals surface area (Å²) in [5.74, 6) is 2.55. The molecule has 0 amide bonds. The Morgan fingerprint density at radius 3 is 2.47 bits per heavy atom. The van der Waals surface area contributed by atoms with Crippen molar-refractivity contribution in [1.82, 2.24) is 0 Å². The SMILES string of the molecule is C/C=C/COc1cc2c(c(F)c1F)CC(C1CCC3CC(CCCCC)CCC3C1)CC2. The number of hydrogen-bond acceptors (Lipinski definition) is 1. The van der Waals surface area contributed by atoms with Gasteiger partial charge >= 0.3 is 0 Å². The van der Waals surface area contributed by atoms with Crippen LogP contribution in [-0.4, -0.2) is 6.61 Å². The number of unbranched alkanes of at least 4 members (excludes halogenated alkanes) is 2. The predicted octanol–water partition coefficient (Wildman–Crippen LogP) is 8.44. The molecular formula is C29H42F2O. The van der Waals surface area contributed by atoms with Gasteiger partial charge in [-0.25, -0.2) is 4.39 Å². The second-order valence-electron chi connectivity index (χ2n) is 10.8. The summed E-state index contributed by atoms with van der Waals surface area (Å²) in [6, 6.07) is 1.75. The topological polar surface area (TPSA) is 9.23 Å². The molecule has 0 aromatic heterocycles. The summed E-state index contributed by atoms with van der Waals surface area (Å²) in [5, 5.41) is 0. The average Bonchev–Trinajstić information content (AvgIpc) is 2.82. The monoisotopic (exact) mass is 444 g/mol. The summed E-state index contributed by atoms with van der Waals surface area (Å²) in [7, 11) is 0. The molecule has 0 N–H and O–H groups in total. The summed E-state index contributed by atoms with van der Waals surface area (Å²) < 4.78 is 35.1. The zero-order valence-electron chi connectivity index (χ0n) is 20.2. The van der Waals surface area contributed by atoms with E-state index in [2.05, 4.69) is 6.92 Å². The average molecular weight is 445 g/mol. The van der Waals surface area contributed by atoms with E-state index in [1.165, 1.54) is 64.2 Å². The fourth-order valence-corrected chi connectivity index (χ4v) is 6.98. The van der Waals surface area contributed by atoms with E-state index in [1.54, 1.807) is 6.07 Å². The highest BCUT2D eigenvalue weighted by molar-refractivity contribution is 5.40. The molecule has 0 spiro atoms. The molecule has 3 aliphatic carbocycles. The summed E-state index contributed by atoms with van der Waals surface area (Å²) >= 11 is 0. The van der Waals surface area contributed by atoms with Crippen LogP contribution in [0.4, 0.5) is 8.78 Å². The first-order valence-electron chi connectivity index (χ1n) is 13.3. The summed E-state index contributed by atoms with van der Waals surface area (Å²) in [6.45, 7) is 4.46. The highest BCUT2D eigenvalue weighted by Crippen LogP contribution is 2.49. The normalized spacial score (nSPS) is 30.2. The van der Waals surface area contributed by atoms with Crippen molar-refractivity contribution in [3.8, 4) is 5.75 Å². The fourth-order valence-electron chi connectivity index (χ4n) is 6.98. The molecule has 0 radical (unpaired) electrons. The molecule has 1 aromatic rings. The third kappa shape index (κ3) is 5.39. The maximum Gasteiger partial charge on any atom is 0.200 e. The van der Waals surface area contributed by atoms with Crippen molar-refractivity contribution >= 4 is 0 Å². The van der Waals surface area contributed by atoms with E-state index in [-0.39, 0.29) is 12.4 Å². The van der Waals surface area contributed by atoms with Gasteiger partial charge in [0, 0.05) is 0 Å². The third-order valence-electron chi connectivity index (χ3n) is 8.83. The van der Waals surface area contributed by atoms with Crippen molar-refractivity contribution < 1.29 is 13.5 Å². The number of ether oxygens (including phenoxy) is 1. The summed E-state index contributed by atoms with van der Waals surface area (Å²) in [5.41, 5.74) is 1.58. The van der Waals surface area contributed by atoms with Gasteiger partial charge < -0.3 is 4.74 Å². The third-order valence-corrected chi connectivity index (χ3v) is 8.83. The first-order chi connectivity index (χ1) is 15.6. The van der Waals surface area contributed by atoms with Gasteiger partial charge in [0.05, 0.1) is 0 Å². The Bertz CT molecular complexity index is 786. The number of hydrogen-bond donors (Lipinski definition) is 0. The van der Waals surface area contributed by atoms with E-state index in [0.717, 1.165) is 36.2 Å². The van der Waals surface area contributed by atoms with Crippen molar-refractivity contribution in [2.45, 2.75) is 97.3 Å². The standard InChI is InChI=1S/C29H42F2O/c1-3-5-7-8-20-9-10-22-17-23(12-11-21(22)16-20)24-13-14-25-19-27(32-15-6-4-2)29(31)28(30)26(25)18-24/h4,6,19-24H,3,5,7-18H2,1-2H3/b6-4+. The molecule has 0 saturated heterocycles. The Hall–Kier alpha value is -1.38. The number of rotatable bonds is 8. The molecule has 5 atom stereocenters. The van der Waals surface area contributed by atoms with Crippen LogP contribution in [-0.2, 0) is 12.8 Å². The Labute approximate surface area is 194 Å². The van der Waals surface area contributed by atoms with Crippen molar-refractivity contribution in [2.75, 3.05) is 6.61 Å². The zero-order valence-corrected chi connectivity index (χ0v) is 20.2. The molecule has 2 saturated carbocycles. The lowest BCUT2D eigenvalue weighted by Crippen LogP contribution is -2.35. The van der Waals surface area contributed by atoms with Gasteiger partial charge in [-0.3, -0.25) is 0 Å². The number of fused-ring (bicyclic) bond motifs is 2. The summed E-state index contributed by atoms with van der Waals surface area (Å²) in [6.07, 6.45) is 20.1. The van der Waals surface area contributed by atoms with Crippen LogP contribution in [0.15, 0.2) is 18.2 Å². The van der Waals surface area contributed by atoms with Crippen LogP contribution in [0.5, 0.6) is 5.75 Å². The predicted molar refractivity (Wildman–Crippen MR) is 128 cm³/mol. The molecule has 3 heteroatoms. The molecule has 3 aliphatic rings. The van der Waals surface area contributed by atoms with Crippen LogP contribution in [0, 0.1) is 41.2 Å². The second kappa shape index (κ2) is 11.2. The highest BCUT2D eigenvalue weighted by Gasteiger charge is 2.39. The molecule has 32 heavy (non-hydrogen) atoms. The van der Waals surface area contributed by atoms with E-state index in [1.807, 2.05) is 19.1 Å². The molecule has 5 unspecified atom stereocenters. The number of aryl methyl sites for hydroxylation is 1. The molecule has 1 aromatic carbocycles. The Morgan fingerprint density at radius 2 is 1.69 bits per heavy atom. The Morgan fingerprint density at radius 1 is 0.938 bits per heavy atom. The quantitative estimate of drug-likeness (QED) is 0.289.